The molecule has 1 heterocycles. The van der Waals surface area contributed by atoms with Crippen LogP contribution >= 0.6 is 22.6 Å². The Balaban J connectivity index is 2.43. The van der Waals surface area contributed by atoms with E-state index in [1.807, 2.05) is 26.0 Å². The third-order valence-corrected chi connectivity index (χ3v) is 4.68. The smallest absolute Gasteiger partial charge is 0.399 e. The van der Waals surface area contributed by atoms with Crippen LogP contribution in [-0.4, -0.2) is 29.1 Å². The molecule has 4 N–H and O–H groups in total. The maximum atomic E-state index is 9.92. The Morgan fingerprint density at radius 3 is 2.33 bits per heavy atom. The molecule has 0 saturated heterocycles. The molecule has 0 aliphatic heterocycles. The van der Waals surface area contributed by atoms with Crippen LogP contribution in [0.2, 0.25) is 13.6 Å². The molecule has 0 atom stereocenters. The average Bonchev–Trinajstić information content (AvgIpc) is 2.47. The van der Waals surface area contributed by atoms with Gasteiger partial charge in [0, 0.05) is 18.0 Å². The Morgan fingerprint density at radius 2 is 1.75 bits per heavy atom. The van der Waals surface area contributed by atoms with E-state index in [2.05, 4.69) is 27.6 Å². The molecule has 0 unspecified atom stereocenters. The van der Waals surface area contributed by atoms with Crippen LogP contribution in [0.1, 0.15) is 11.1 Å². The molecular formula is C15H20B2IN3O3. The van der Waals surface area contributed by atoms with Gasteiger partial charge in [-0.2, -0.15) is 0 Å². The van der Waals surface area contributed by atoms with Crippen molar-refractivity contribution in [1.29, 1.82) is 0 Å². The van der Waals surface area contributed by atoms with Gasteiger partial charge in [0.15, 0.2) is 0 Å². The van der Waals surface area contributed by atoms with E-state index in [0.29, 0.717) is 20.9 Å². The number of rotatable bonds is 5. The summed E-state index contributed by atoms with van der Waals surface area (Å²) in [4.78, 5) is 4.28. The predicted octanol–water partition coefficient (Wildman–Crippen LogP) is 2.70. The summed E-state index contributed by atoms with van der Waals surface area (Å²) in [6.45, 7) is 7.00. The van der Waals surface area contributed by atoms with Gasteiger partial charge >= 0.3 is 14.1 Å². The first-order chi connectivity index (χ1) is 11.2. The van der Waals surface area contributed by atoms with Crippen molar-refractivity contribution < 1.29 is 14.8 Å². The number of aromatic nitrogens is 1. The molecule has 0 bridgehead atoms. The van der Waals surface area contributed by atoms with Gasteiger partial charge in [-0.3, -0.25) is 0 Å². The number of aryl methyl sites for hydroxylation is 2. The first kappa shape index (κ1) is 18.9. The summed E-state index contributed by atoms with van der Waals surface area (Å²) in [5, 5.41) is 19.8. The average molecular weight is 439 g/mol. The monoisotopic (exact) mass is 439 g/mol. The molecule has 2 aromatic rings. The van der Waals surface area contributed by atoms with Crippen molar-refractivity contribution in [2.45, 2.75) is 27.5 Å². The molecular weight excluding hydrogens is 419 g/mol. The molecule has 1 aromatic carbocycles. The van der Waals surface area contributed by atoms with Crippen molar-refractivity contribution in [1.82, 2.24) is 4.98 Å². The van der Waals surface area contributed by atoms with Crippen molar-refractivity contribution in [2.75, 3.05) is 10.5 Å². The number of ether oxygens (including phenoxy) is 1. The number of hydrogen-bond acceptors (Lipinski definition) is 6. The van der Waals surface area contributed by atoms with Crippen LogP contribution in [0.25, 0.3) is 0 Å². The number of pyridine rings is 1. The van der Waals surface area contributed by atoms with Crippen LogP contribution in [0.4, 0.5) is 11.5 Å². The number of nitrogen functional groups attached to an aromatic ring is 1. The maximum Gasteiger partial charge on any atom is 0.399 e. The molecule has 6 nitrogen and oxygen atoms in total. The Morgan fingerprint density at radius 1 is 1.12 bits per heavy atom. The lowest BCUT2D eigenvalue weighted by atomic mass is 9.69. The standard InChI is InChI=1S/C15H20B2IN3O3/c1-9-8-13(10(2)7-11(9)19)24-12-5-6-20-15(14(12)18)21(16(3)22)17(4)23/h5-8,22-23H,19H2,1-4H3. The van der Waals surface area contributed by atoms with Gasteiger partial charge in [-0.1, -0.05) is 0 Å². The SMILES string of the molecule is CB(O)N(B(C)O)c1nccc(Oc2cc(C)c(N)cc2C)c1I. The second kappa shape index (κ2) is 7.62. The summed E-state index contributed by atoms with van der Waals surface area (Å²) in [5.41, 5.74) is 8.50. The Hall–Kier alpha value is -1.45. The highest BCUT2D eigenvalue weighted by Gasteiger charge is 2.28. The fourth-order valence-electron chi connectivity index (χ4n) is 2.38. The van der Waals surface area contributed by atoms with Gasteiger partial charge in [0.2, 0.25) is 0 Å². The summed E-state index contributed by atoms with van der Waals surface area (Å²) in [6.07, 6.45) is 1.59. The zero-order valence-electron chi connectivity index (χ0n) is 14.1. The lowest BCUT2D eigenvalue weighted by molar-refractivity contribution is 0.474. The molecule has 0 amide bonds. The van der Waals surface area contributed by atoms with E-state index >= 15 is 0 Å². The summed E-state index contributed by atoms with van der Waals surface area (Å²) < 4.78 is 8.15. The van der Waals surface area contributed by atoms with E-state index in [4.69, 9.17) is 10.5 Å². The Bertz CT molecular complexity index is 736. The van der Waals surface area contributed by atoms with Crippen LogP contribution in [0.5, 0.6) is 11.5 Å². The molecule has 0 aliphatic carbocycles. The Labute approximate surface area is 156 Å². The largest absolute Gasteiger partial charge is 0.456 e. The molecule has 0 spiro atoms. The maximum absolute atomic E-state index is 9.92. The fourth-order valence-corrected chi connectivity index (χ4v) is 3.09. The summed E-state index contributed by atoms with van der Waals surface area (Å²) in [5.74, 6) is 1.76. The molecule has 9 heteroatoms. The highest BCUT2D eigenvalue weighted by molar-refractivity contribution is 14.1. The van der Waals surface area contributed by atoms with Gasteiger partial charge in [-0.05, 0) is 73.3 Å². The first-order valence-electron chi connectivity index (χ1n) is 7.56. The zero-order chi connectivity index (χ0) is 18.0. The molecule has 126 valence electrons. The van der Waals surface area contributed by atoms with Crippen molar-refractivity contribution in [3.05, 3.63) is 39.1 Å². The summed E-state index contributed by atoms with van der Waals surface area (Å²) in [7, 11) is -1.77. The van der Waals surface area contributed by atoms with Crippen LogP contribution in [0.15, 0.2) is 24.4 Å². The first-order valence-corrected chi connectivity index (χ1v) is 8.63. The van der Waals surface area contributed by atoms with E-state index < -0.39 is 14.1 Å². The van der Waals surface area contributed by atoms with E-state index in [0.717, 1.165) is 16.8 Å². The summed E-state index contributed by atoms with van der Waals surface area (Å²) >= 11 is 2.10. The Kier molecular flexibility index (Phi) is 6.00. The number of nitrogens with zero attached hydrogens (tertiary/aromatic N) is 2. The molecule has 0 fully saturated rings. The zero-order valence-corrected chi connectivity index (χ0v) is 16.3. The van der Waals surface area contributed by atoms with Crippen LogP contribution in [0, 0.1) is 17.4 Å². The molecule has 24 heavy (non-hydrogen) atoms. The van der Waals surface area contributed by atoms with Crippen molar-refractivity contribution in [3.63, 3.8) is 0 Å². The number of anilines is 2. The van der Waals surface area contributed by atoms with Gasteiger partial charge in [0.1, 0.15) is 17.3 Å². The number of hydrogen-bond donors (Lipinski definition) is 3. The normalized spacial score (nSPS) is 10.5. The minimum Gasteiger partial charge on any atom is -0.456 e. The summed E-state index contributed by atoms with van der Waals surface area (Å²) in [6, 6.07) is 5.51. The number of nitrogens with two attached hydrogens (primary N) is 1. The molecule has 0 aliphatic rings. The lowest BCUT2D eigenvalue weighted by Crippen LogP contribution is -2.48. The van der Waals surface area contributed by atoms with E-state index in [1.165, 1.54) is 4.72 Å². The fraction of sp³-hybridized carbons (Fsp3) is 0.267. The van der Waals surface area contributed by atoms with Gasteiger partial charge in [-0.25, -0.2) is 4.98 Å². The second-order valence-electron chi connectivity index (χ2n) is 5.69. The topological polar surface area (TPSA) is 91.8 Å². The van der Waals surface area contributed by atoms with Gasteiger partial charge in [0.05, 0.1) is 3.57 Å². The van der Waals surface area contributed by atoms with Gasteiger partial charge in [-0.15, -0.1) is 0 Å². The van der Waals surface area contributed by atoms with E-state index in [9.17, 15) is 10.0 Å². The van der Waals surface area contributed by atoms with Crippen LogP contribution in [0.3, 0.4) is 0 Å². The molecule has 0 radical (unpaired) electrons. The highest BCUT2D eigenvalue weighted by atomic mass is 127. The lowest BCUT2D eigenvalue weighted by Gasteiger charge is -2.27. The number of halogens is 1. The second-order valence-corrected chi connectivity index (χ2v) is 6.77. The van der Waals surface area contributed by atoms with E-state index in [-0.39, 0.29) is 0 Å². The van der Waals surface area contributed by atoms with E-state index in [1.54, 1.807) is 25.9 Å². The molecule has 0 saturated carbocycles. The third-order valence-electron chi connectivity index (χ3n) is 3.67. The van der Waals surface area contributed by atoms with Gasteiger partial charge in [0.25, 0.3) is 0 Å². The van der Waals surface area contributed by atoms with Crippen molar-refractivity contribution in [3.8, 4) is 11.5 Å². The predicted molar refractivity (Wildman–Crippen MR) is 108 cm³/mol. The third kappa shape index (κ3) is 3.96. The van der Waals surface area contributed by atoms with Crippen molar-refractivity contribution in [2.24, 2.45) is 0 Å². The van der Waals surface area contributed by atoms with Crippen LogP contribution < -0.4 is 15.2 Å². The van der Waals surface area contributed by atoms with Crippen molar-refractivity contribution >= 4 is 48.2 Å². The molecule has 2 rings (SSSR count). The number of benzene rings is 1. The quantitative estimate of drug-likeness (QED) is 0.378. The minimum atomic E-state index is -0.887. The minimum absolute atomic E-state index is 0.461. The molecule has 1 aromatic heterocycles. The highest BCUT2D eigenvalue weighted by Crippen LogP contribution is 2.35. The van der Waals surface area contributed by atoms with Crippen LogP contribution in [-0.2, 0) is 0 Å². The van der Waals surface area contributed by atoms with Gasteiger partial charge < -0.3 is 25.2 Å².